The van der Waals surface area contributed by atoms with Crippen LogP contribution in [0.4, 0.5) is 4.39 Å². The van der Waals surface area contributed by atoms with E-state index >= 15 is 0 Å². The van der Waals surface area contributed by atoms with Gasteiger partial charge in [0.1, 0.15) is 5.82 Å². The van der Waals surface area contributed by atoms with Crippen molar-refractivity contribution in [2.75, 3.05) is 6.54 Å². The summed E-state index contributed by atoms with van der Waals surface area (Å²) in [4.78, 5) is 12.7. The van der Waals surface area contributed by atoms with Crippen molar-refractivity contribution in [3.05, 3.63) is 35.0 Å². The summed E-state index contributed by atoms with van der Waals surface area (Å²) in [5.74, 6) is -0.194. The molecule has 0 bridgehead atoms. The molecule has 1 heterocycles. The molecule has 0 aliphatic rings. The van der Waals surface area contributed by atoms with E-state index in [1.165, 1.54) is 23.5 Å². The lowest BCUT2D eigenvalue weighted by Gasteiger charge is -2.25. The van der Waals surface area contributed by atoms with Crippen LogP contribution in [-0.4, -0.2) is 23.2 Å². The molecule has 3 nitrogen and oxygen atoms in total. The number of carbonyl (C=O) groups excluding carboxylic acids is 1. The van der Waals surface area contributed by atoms with Crippen LogP contribution in [0.15, 0.2) is 24.3 Å². The Balaban J connectivity index is 2.05. The van der Waals surface area contributed by atoms with Gasteiger partial charge < -0.3 is 10.4 Å². The summed E-state index contributed by atoms with van der Waals surface area (Å²) in [5, 5.41) is 13.8. The van der Waals surface area contributed by atoms with Gasteiger partial charge >= 0.3 is 0 Å². The van der Waals surface area contributed by atoms with Crippen molar-refractivity contribution in [2.24, 2.45) is 5.92 Å². The first-order valence-electron chi connectivity index (χ1n) is 6.96. The zero-order chi connectivity index (χ0) is 15.6. The van der Waals surface area contributed by atoms with Crippen LogP contribution in [0.1, 0.15) is 36.9 Å². The second-order valence-electron chi connectivity index (χ2n) is 6.07. The molecule has 1 aromatic carbocycles. The van der Waals surface area contributed by atoms with Crippen molar-refractivity contribution in [1.82, 2.24) is 5.32 Å². The van der Waals surface area contributed by atoms with E-state index in [2.05, 4.69) is 5.32 Å². The molecule has 0 fully saturated rings. The monoisotopic (exact) mass is 309 g/mol. The number of halogens is 1. The second-order valence-corrected chi connectivity index (χ2v) is 7.15. The molecule has 0 aliphatic carbocycles. The normalized spacial score (nSPS) is 14.4. The van der Waals surface area contributed by atoms with Gasteiger partial charge in [-0.2, -0.15) is 0 Å². The quantitative estimate of drug-likeness (QED) is 0.887. The predicted octanol–water partition coefficient (Wildman–Crippen LogP) is 3.57. The largest absolute Gasteiger partial charge is 0.388 e. The van der Waals surface area contributed by atoms with Crippen LogP contribution >= 0.6 is 11.3 Å². The minimum atomic E-state index is -0.924. The fraction of sp³-hybridized carbons (Fsp3) is 0.438. The first kappa shape index (κ1) is 15.9. The van der Waals surface area contributed by atoms with E-state index in [1.807, 2.05) is 13.8 Å². The molecule has 1 amide bonds. The van der Waals surface area contributed by atoms with E-state index < -0.39 is 5.60 Å². The third-order valence-electron chi connectivity index (χ3n) is 3.18. The SMILES string of the molecule is CC(C)CC(C)(O)CNC(=O)c1cc2ccc(F)cc2s1. The van der Waals surface area contributed by atoms with Crippen LogP contribution < -0.4 is 5.32 Å². The van der Waals surface area contributed by atoms with Gasteiger partial charge in [0.05, 0.1) is 10.5 Å². The summed E-state index contributed by atoms with van der Waals surface area (Å²) in [6.45, 7) is 5.97. The number of benzene rings is 1. The number of nitrogens with one attached hydrogen (secondary N) is 1. The molecule has 2 rings (SSSR count). The number of hydrogen-bond donors (Lipinski definition) is 2. The number of thiophene rings is 1. The van der Waals surface area contributed by atoms with Gasteiger partial charge in [0.2, 0.25) is 0 Å². The van der Waals surface area contributed by atoms with E-state index in [-0.39, 0.29) is 18.3 Å². The molecule has 2 N–H and O–H groups in total. The maximum absolute atomic E-state index is 13.1. The van der Waals surface area contributed by atoms with Gasteiger partial charge in [-0.3, -0.25) is 4.79 Å². The molecule has 0 saturated carbocycles. The minimum Gasteiger partial charge on any atom is -0.388 e. The lowest BCUT2D eigenvalue weighted by molar-refractivity contribution is 0.0369. The minimum absolute atomic E-state index is 0.201. The van der Waals surface area contributed by atoms with Crippen molar-refractivity contribution >= 4 is 27.3 Å². The number of carbonyl (C=O) groups is 1. The van der Waals surface area contributed by atoms with Crippen molar-refractivity contribution in [3.8, 4) is 0 Å². The Labute approximate surface area is 127 Å². The van der Waals surface area contributed by atoms with Crippen LogP contribution in [0, 0.1) is 11.7 Å². The van der Waals surface area contributed by atoms with E-state index in [0.29, 0.717) is 17.2 Å². The van der Waals surface area contributed by atoms with Gasteiger partial charge in [-0.15, -0.1) is 11.3 Å². The Bertz CT molecular complexity index is 649. The van der Waals surface area contributed by atoms with Gasteiger partial charge in [-0.1, -0.05) is 19.9 Å². The molecule has 0 aliphatic heterocycles. The highest BCUT2D eigenvalue weighted by molar-refractivity contribution is 7.20. The van der Waals surface area contributed by atoms with Gasteiger partial charge in [0, 0.05) is 11.2 Å². The maximum Gasteiger partial charge on any atom is 0.261 e. The topological polar surface area (TPSA) is 49.3 Å². The fourth-order valence-electron chi connectivity index (χ4n) is 2.43. The summed E-state index contributed by atoms with van der Waals surface area (Å²) in [7, 11) is 0. The van der Waals surface area contributed by atoms with E-state index in [4.69, 9.17) is 0 Å². The first-order valence-corrected chi connectivity index (χ1v) is 7.78. The molecule has 1 unspecified atom stereocenters. The van der Waals surface area contributed by atoms with Gasteiger partial charge in [0.25, 0.3) is 5.91 Å². The highest BCUT2D eigenvalue weighted by atomic mass is 32.1. The Morgan fingerprint density at radius 3 is 2.81 bits per heavy atom. The number of rotatable bonds is 5. The highest BCUT2D eigenvalue weighted by Crippen LogP contribution is 2.26. The summed E-state index contributed by atoms with van der Waals surface area (Å²) in [6, 6.07) is 6.20. The smallest absolute Gasteiger partial charge is 0.261 e. The molecule has 1 aromatic heterocycles. The third kappa shape index (κ3) is 4.25. The zero-order valence-corrected chi connectivity index (χ0v) is 13.3. The van der Waals surface area contributed by atoms with Gasteiger partial charge in [0.15, 0.2) is 0 Å². The standard InChI is InChI=1S/C16H20FNO2S/c1-10(2)8-16(3,20)9-18-15(19)14-6-11-4-5-12(17)7-13(11)21-14/h4-7,10,20H,8-9H2,1-3H3,(H,18,19). The van der Waals surface area contributed by atoms with E-state index in [1.54, 1.807) is 19.1 Å². The molecule has 5 heteroatoms. The highest BCUT2D eigenvalue weighted by Gasteiger charge is 2.23. The second kappa shape index (κ2) is 6.12. The number of hydrogen-bond acceptors (Lipinski definition) is 3. The maximum atomic E-state index is 13.1. The third-order valence-corrected chi connectivity index (χ3v) is 4.28. The Morgan fingerprint density at radius 1 is 1.43 bits per heavy atom. The van der Waals surface area contributed by atoms with Crippen molar-refractivity contribution < 1.29 is 14.3 Å². The molecule has 2 aromatic rings. The predicted molar refractivity (Wildman–Crippen MR) is 84.2 cm³/mol. The van der Waals surface area contributed by atoms with Crippen LogP contribution in [0.3, 0.4) is 0 Å². The van der Waals surface area contributed by atoms with E-state index in [0.717, 1.165) is 10.1 Å². The average molecular weight is 309 g/mol. The number of amides is 1. The molecule has 114 valence electrons. The van der Waals surface area contributed by atoms with Crippen molar-refractivity contribution in [1.29, 1.82) is 0 Å². The summed E-state index contributed by atoms with van der Waals surface area (Å²) >= 11 is 1.25. The van der Waals surface area contributed by atoms with E-state index in [9.17, 15) is 14.3 Å². The van der Waals surface area contributed by atoms with Crippen LogP contribution in [0.2, 0.25) is 0 Å². The first-order chi connectivity index (χ1) is 9.77. The number of fused-ring (bicyclic) bond motifs is 1. The lowest BCUT2D eigenvalue weighted by atomic mass is 9.94. The van der Waals surface area contributed by atoms with Gasteiger partial charge in [-0.25, -0.2) is 4.39 Å². The fourth-order valence-corrected chi connectivity index (χ4v) is 3.43. The molecular weight excluding hydrogens is 289 g/mol. The summed E-state index contributed by atoms with van der Waals surface area (Å²) < 4.78 is 13.9. The Hall–Kier alpha value is -1.46. The Morgan fingerprint density at radius 2 is 2.14 bits per heavy atom. The van der Waals surface area contributed by atoms with Gasteiger partial charge in [-0.05, 0) is 42.8 Å². The lowest BCUT2D eigenvalue weighted by Crippen LogP contribution is -2.41. The zero-order valence-electron chi connectivity index (χ0n) is 12.4. The molecule has 0 spiro atoms. The van der Waals surface area contributed by atoms with Crippen molar-refractivity contribution in [2.45, 2.75) is 32.8 Å². The molecule has 0 radical (unpaired) electrons. The molecular formula is C16H20FNO2S. The summed E-state index contributed by atoms with van der Waals surface area (Å²) in [5.41, 5.74) is -0.924. The van der Waals surface area contributed by atoms with Crippen LogP contribution in [0.25, 0.3) is 10.1 Å². The van der Waals surface area contributed by atoms with Crippen molar-refractivity contribution in [3.63, 3.8) is 0 Å². The number of aliphatic hydroxyl groups is 1. The Kier molecular flexibility index (Phi) is 4.64. The summed E-state index contributed by atoms with van der Waals surface area (Å²) in [6.07, 6.45) is 0.616. The molecule has 1 atom stereocenters. The van der Waals surface area contributed by atoms with Crippen LogP contribution in [0.5, 0.6) is 0 Å². The molecule has 0 saturated heterocycles. The molecule has 21 heavy (non-hydrogen) atoms. The average Bonchev–Trinajstić information content (AvgIpc) is 2.77. The van der Waals surface area contributed by atoms with Crippen LogP contribution in [-0.2, 0) is 0 Å².